The molecule has 0 aliphatic heterocycles. The zero-order valence-corrected chi connectivity index (χ0v) is 9.14. The first kappa shape index (κ1) is 11.8. The standard InChI is InChI=1S/C11H13NO2S/c1-2-3-4-7-12-8-9-5-6-10(15-9)11(13)14/h1,5-6,12H,3-4,7-8H2,(H,13,14). The largest absolute Gasteiger partial charge is 0.477 e. The van der Waals surface area contributed by atoms with E-state index in [0.29, 0.717) is 11.4 Å². The molecule has 0 spiro atoms. The van der Waals surface area contributed by atoms with Gasteiger partial charge in [0.1, 0.15) is 4.88 Å². The molecule has 0 unspecified atom stereocenters. The highest BCUT2D eigenvalue weighted by molar-refractivity contribution is 7.13. The molecule has 3 nitrogen and oxygen atoms in total. The zero-order chi connectivity index (χ0) is 11.1. The molecule has 2 N–H and O–H groups in total. The fourth-order valence-electron chi connectivity index (χ4n) is 1.11. The van der Waals surface area contributed by atoms with Gasteiger partial charge in [-0.05, 0) is 25.1 Å². The average Bonchev–Trinajstić information content (AvgIpc) is 2.66. The Kier molecular flexibility index (Phi) is 4.88. The van der Waals surface area contributed by atoms with Crippen molar-refractivity contribution in [3.05, 3.63) is 21.9 Å². The molecule has 80 valence electrons. The van der Waals surface area contributed by atoms with E-state index in [-0.39, 0.29) is 0 Å². The fraction of sp³-hybridized carbons (Fsp3) is 0.364. The maximum atomic E-state index is 10.6. The molecule has 1 heterocycles. The summed E-state index contributed by atoms with van der Waals surface area (Å²) in [6, 6.07) is 3.47. The van der Waals surface area contributed by atoms with Crippen molar-refractivity contribution in [3.8, 4) is 12.3 Å². The van der Waals surface area contributed by atoms with Crippen molar-refractivity contribution < 1.29 is 9.90 Å². The fourth-order valence-corrected chi connectivity index (χ4v) is 1.93. The number of rotatable bonds is 6. The lowest BCUT2D eigenvalue weighted by atomic mass is 10.3. The molecule has 0 saturated heterocycles. The van der Waals surface area contributed by atoms with Gasteiger partial charge in [-0.25, -0.2) is 4.79 Å². The summed E-state index contributed by atoms with van der Waals surface area (Å²) in [6.45, 7) is 1.58. The zero-order valence-electron chi connectivity index (χ0n) is 8.32. The van der Waals surface area contributed by atoms with Crippen molar-refractivity contribution in [2.24, 2.45) is 0 Å². The van der Waals surface area contributed by atoms with Gasteiger partial charge in [-0.2, -0.15) is 0 Å². The molecular weight excluding hydrogens is 210 g/mol. The quantitative estimate of drug-likeness (QED) is 0.572. The first-order chi connectivity index (χ1) is 7.24. The number of carboxylic acids is 1. The van der Waals surface area contributed by atoms with Crippen LogP contribution in [-0.4, -0.2) is 17.6 Å². The van der Waals surface area contributed by atoms with Gasteiger partial charge in [0.05, 0.1) is 0 Å². The summed E-state index contributed by atoms with van der Waals surface area (Å²) in [5.41, 5.74) is 0. The minimum atomic E-state index is -0.862. The summed E-state index contributed by atoms with van der Waals surface area (Å²) in [5.74, 6) is 1.71. The predicted octanol–water partition coefficient (Wildman–Crippen LogP) is 1.95. The van der Waals surface area contributed by atoms with Crippen molar-refractivity contribution >= 4 is 17.3 Å². The molecule has 4 heteroatoms. The summed E-state index contributed by atoms with van der Waals surface area (Å²) in [4.78, 5) is 12.0. The molecule has 1 aromatic rings. The van der Waals surface area contributed by atoms with Crippen LogP contribution in [-0.2, 0) is 6.54 Å². The molecule has 0 aliphatic carbocycles. The van der Waals surface area contributed by atoms with Crippen LogP contribution < -0.4 is 5.32 Å². The van der Waals surface area contributed by atoms with E-state index < -0.39 is 5.97 Å². The number of terminal acetylenes is 1. The van der Waals surface area contributed by atoms with Crippen LogP contribution in [0.2, 0.25) is 0 Å². The number of carbonyl (C=O) groups is 1. The minimum Gasteiger partial charge on any atom is -0.477 e. The molecule has 1 rings (SSSR count). The summed E-state index contributed by atoms with van der Waals surface area (Å²) < 4.78 is 0. The third kappa shape index (κ3) is 4.15. The lowest BCUT2D eigenvalue weighted by Gasteiger charge is -1.99. The van der Waals surface area contributed by atoms with E-state index in [1.807, 2.05) is 6.07 Å². The maximum absolute atomic E-state index is 10.6. The van der Waals surface area contributed by atoms with Crippen molar-refractivity contribution in [1.82, 2.24) is 5.32 Å². The van der Waals surface area contributed by atoms with Crippen LogP contribution in [0.1, 0.15) is 27.4 Å². The molecule has 1 aromatic heterocycles. The first-order valence-corrected chi connectivity index (χ1v) is 5.52. The molecule has 0 aromatic carbocycles. The highest BCUT2D eigenvalue weighted by Crippen LogP contribution is 2.15. The van der Waals surface area contributed by atoms with E-state index in [1.165, 1.54) is 11.3 Å². The van der Waals surface area contributed by atoms with Crippen molar-refractivity contribution in [1.29, 1.82) is 0 Å². The second-order valence-corrected chi connectivity index (χ2v) is 4.22. The molecule has 0 aliphatic rings. The average molecular weight is 223 g/mol. The Labute approximate surface area is 93.1 Å². The molecule has 0 bridgehead atoms. The van der Waals surface area contributed by atoms with Crippen molar-refractivity contribution in [2.75, 3.05) is 6.54 Å². The van der Waals surface area contributed by atoms with Gasteiger partial charge in [0.25, 0.3) is 0 Å². The van der Waals surface area contributed by atoms with Crippen LogP contribution in [0.4, 0.5) is 0 Å². The molecule has 0 fully saturated rings. The van der Waals surface area contributed by atoms with Gasteiger partial charge in [0, 0.05) is 17.8 Å². The van der Waals surface area contributed by atoms with Crippen LogP contribution in [0, 0.1) is 12.3 Å². The Hall–Kier alpha value is -1.31. The Morgan fingerprint density at radius 1 is 1.60 bits per heavy atom. The number of hydrogen-bond acceptors (Lipinski definition) is 3. The van der Waals surface area contributed by atoms with Crippen LogP contribution >= 0.6 is 11.3 Å². The number of hydrogen-bond donors (Lipinski definition) is 2. The second kappa shape index (κ2) is 6.23. The molecule has 15 heavy (non-hydrogen) atoms. The molecule has 0 saturated carbocycles. The van der Waals surface area contributed by atoms with Crippen LogP contribution in [0.15, 0.2) is 12.1 Å². The molecule has 0 atom stereocenters. The van der Waals surface area contributed by atoms with E-state index in [2.05, 4.69) is 11.2 Å². The van der Waals surface area contributed by atoms with Gasteiger partial charge >= 0.3 is 5.97 Å². The van der Waals surface area contributed by atoms with E-state index in [1.54, 1.807) is 6.07 Å². The Bertz CT molecular complexity index is 365. The summed E-state index contributed by atoms with van der Waals surface area (Å²) in [5, 5.41) is 11.9. The monoisotopic (exact) mass is 223 g/mol. The SMILES string of the molecule is C#CCCCNCc1ccc(C(=O)O)s1. The van der Waals surface area contributed by atoms with Gasteiger partial charge in [0.15, 0.2) is 0 Å². The number of carboxylic acid groups (broad SMARTS) is 1. The van der Waals surface area contributed by atoms with Gasteiger partial charge < -0.3 is 10.4 Å². The van der Waals surface area contributed by atoms with Gasteiger partial charge in [-0.15, -0.1) is 23.7 Å². The lowest BCUT2D eigenvalue weighted by molar-refractivity contribution is 0.0702. The number of unbranched alkanes of at least 4 members (excludes halogenated alkanes) is 1. The third-order valence-electron chi connectivity index (χ3n) is 1.85. The highest BCUT2D eigenvalue weighted by Gasteiger charge is 2.05. The van der Waals surface area contributed by atoms with E-state index in [0.717, 1.165) is 24.3 Å². The molecule has 0 amide bonds. The smallest absolute Gasteiger partial charge is 0.345 e. The van der Waals surface area contributed by atoms with Crippen molar-refractivity contribution in [2.45, 2.75) is 19.4 Å². The third-order valence-corrected chi connectivity index (χ3v) is 2.92. The number of thiophene rings is 1. The van der Waals surface area contributed by atoms with Crippen LogP contribution in [0.3, 0.4) is 0 Å². The second-order valence-electron chi connectivity index (χ2n) is 3.06. The molecule has 0 radical (unpaired) electrons. The predicted molar refractivity (Wildman–Crippen MR) is 61.1 cm³/mol. The van der Waals surface area contributed by atoms with Crippen LogP contribution in [0.25, 0.3) is 0 Å². The highest BCUT2D eigenvalue weighted by atomic mass is 32.1. The summed E-state index contributed by atoms with van der Waals surface area (Å²) in [6.07, 6.45) is 6.85. The van der Waals surface area contributed by atoms with Gasteiger partial charge in [-0.3, -0.25) is 0 Å². The lowest BCUT2D eigenvalue weighted by Crippen LogP contribution is -2.13. The van der Waals surface area contributed by atoms with Crippen LogP contribution in [0.5, 0.6) is 0 Å². The normalized spacial score (nSPS) is 9.80. The first-order valence-electron chi connectivity index (χ1n) is 4.70. The Balaban J connectivity index is 2.26. The Morgan fingerprint density at radius 2 is 2.40 bits per heavy atom. The van der Waals surface area contributed by atoms with Gasteiger partial charge in [-0.1, -0.05) is 0 Å². The van der Waals surface area contributed by atoms with Gasteiger partial charge in [0.2, 0.25) is 0 Å². The Morgan fingerprint density at radius 3 is 3.00 bits per heavy atom. The van der Waals surface area contributed by atoms with E-state index >= 15 is 0 Å². The minimum absolute atomic E-state index is 0.385. The maximum Gasteiger partial charge on any atom is 0.345 e. The molecular formula is C11H13NO2S. The number of nitrogens with one attached hydrogen (secondary N) is 1. The van der Waals surface area contributed by atoms with Crippen molar-refractivity contribution in [3.63, 3.8) is 0 Å². The van der Waals surface area contributed by atoms with E-state index in [9.17, 15) is 4.79 Å². The number of aromatic carboxylic acids is 1. The van der Waals surface area contributed by atoms with E-state index in [4.69, 9.17) is 11.5 Å². The summed E-state index contributed by atoms with van der Waals surface area (Å²) in [7, 11) is 0. The summed E-state index contributed by atoms with van der Waals surface area (Å²) >= 11 is 1.30. The topological polar surface area (TPSA) is 49.3 Å².